The molecule has 0 fully saturated rings. The molecule has 0 saturated heterocycles. The molecule has 0 aliphatic carbocycles. The number of esters is 1. The largest absolute Gasteiger partial charge is 0.497 e. The van der Waals surface area contributed by atoms with Crippen molar-refractivity contribution in [2.75, 3.05) is 13.7 Å². The van der Waals surface area contributed by atoms with Gasteiger partial charge in [-0.05, 0) is 29.8 Å². The molecule has 3 aromatic rings. The van der Waals surface area contributed by atoms with Crippen LogP contribution in [0.2, 0.25) is 0 Å². The van der Waals surface area contributed by atoms with E-state index in [9.17, 15) is 18.0 Å². The monoisotopic (exact) mass is 472 g/mol. The van der Waals surface area contributed by atoms with Crippen LogP contribution in [0.3, 0.4) is 0 Å². The fourth-order valence-electron chi connectivity index (χ4n) is 2.85. The quantitative estimate of drug-likeness (QED) is 0.414. The van der Waals surface area contributed by atoms with Gasteiger partial charge >= 0.3 is 5.97 Å². The molecule has 0 unspecified atom stereocenters. The summed E-state index contributed by atoms with van der Waals surface area (Å²) in [6, 6.07) is 14.0. The molecular weight excluding hydrogens is 448 g/mol. The molecule has 10 nitrogen and oxygen atoms in total. The number of imidazole rings is 1. The summed E-state index contributed by atoms with van der Waals surface area (Å²) >= 11 is 0. The van der Waals surface area contributed by atoms with Crippen molar-refractivity contribution in [3.05, 3.63) is 78.4 Å². The van der Waals surface area contributed by atoms with E-state index < -0.39 is 27.9 Å². The second-order valence-electron chi connectivity index (χ2n) is 7.05. The molecule has 0 bridgehead atoms. The molecule has 1 amide bonds. The minimum absolute atomic E-state index is 0.0178. The summed E-state index contributed by atoms with van der Waals surface area (Å²) in [5.41, 5.74) is 7.02. The highest BCUT2D eigenvalue weighted by molar-refractivity contribution is 7.90. The van der Waals surface area contributed by atoms with Crippen molar-refractivity contribution in [2.45, 2.75) is 24.0 Å². The zero-order valence-corrected chi connectivity index (χ0v) is 18.7. The number of nitrogens with two attached hydrogens (primary N) is 1. The van der Waals surface area contributed by atoms with Crippen LogP contribution in [0.15, 0.2) is 72.0 Å². The number of benzene rings is 2. The van der Waals surface area contributed by atoms with Crippen LogP contribution in [0.4, 0.5) is 0 Å². The number of hydrogen-bond donors (Lipinski definition) is 2. The number of rotatable bonds is 10. The Morgan fingerprint density at radius 1 is 1.12 bits per heavy atom. The van der Waals surface area contributed by atoms with E-state index in [2.05, 4.69) is 10.3 Å². The molecule has 33 heavy (non-hydrogen) atoms. The van der Waals surface area contributed by atoms with Crippen molar-refractivity contribution in [2.24, 2.45) is 5.73 Å². The van der Waals surface area contributed by atoms with Gasteiger partial charge in [0, 0.05) is 12.6 Å². The normalized spacial score (nSPS) is 12.1. The Balaban J connectivity index is 1.51. The van der Waals surface area contributed by atoms with Crippen LogP contribution < -0.4 is 15.8 Å². The third-order valence-electron chi connectivity index (χ3n) is 4.66. The maximum absolute atomic E-state index is 12.7. The van der Waals surface area contributed by atoms with Crippen molar-refractivity contribution >= 4 is 21.9 Å². The molecule has 3 rings (SSSR count). The number of ether oxygens (including phenoxy) is 2. The van der Waals surface area contributed by atoms with Gasteiger partial charge in [-0.15, -0.1) is 0 Å². The van der Waals surface area contributed by atoms with E-state index in [1.807, 2.05) is 30.3 Å². The van der Waals surface area contributed by atoms with E-state index in [-0.39, 0.29) is 24.5 Å². The third kappa shape index (κ3) is 6.40. The van der Waals surface area contributed by atoms with Gasteiger partial charge in [0.05, 0.1) is 23.7 Å². The molecule has 11 heteroatoms. The predicted octanol–water partition coefficient (Wildman–Crippen LogP) is 0.858. The summed E-state index contributed by atoms with van der Waals surface area (Å²) in [6.45, 7) is -0.235. The molecule has 0 saturated carbocycles. The van der Waals surface area contributed by atoms with Gasteiger partial charge in [-0.25, -0.2) is 17.4 Å². The summed E-state index contributed by atoms with van der Waals surface area (Å²) in [7, 11) is -2.37. The number of carbonyl (C=O) groups excluding carboxylic acids is 2. The van der Waals surface area contributed by atoms with Crippen LogP contribution in [0.25, 0.3) is 0 Å². The summed E-state index contributed by atoms with van der Waals surface area (Å²) in [4.78, 5) is 28.1. The van der Waals surface area contributed by atoms with Gasteiger partial charge in [-0.3, -0.25) is 9.59 Å². The molecule has 174 valence electrons. The van der Waals surface area contributed by atoms with Gasteiger partial charge in [-0.1, -0.05) is 30.3 Å². The highest BCUT2D eigenvalue weighted by atomic mass is 32.2. The van der Waals surface area contributed by atoms with Gasteiger partial charge in [0.25, 0.3) is 10.0 Å². The van der Waals surface area contributed by atoms with E-state index in [1.54, 1.807) is 0 Å². The predicted molar refractivity (Wildman–Crippen MR) is 119 cm³/mol. The summed E-state index contributed by atoms with van der Waals surface area (Å²) in [5.74, 6) is -0.658. The highest BCUT2D eigenvalue weighted by Gasteiger charge is 2.20. The summed E-state index contributed by atoms with van der Waals surface area (Å²) in [5, 5.41) is 2.41. The average Bonchev–Trinajstić information content (AvgIpc) is 3.31. The molecule has 0 spiro atoms. The van der Waals surface area contributed by atoms with Crippen molar-refractivity contribution in [3.8, 4) is 5.75 Å². The van der Waals surface area contributed by atoms with Gasteiger partial charge in [0.1, 0.15) is 25.2 Å². The number of nitrogens with one attached hydrogen (secondary N) is 1. The second kappa shape index (κ2) is 10.7. The second-order valence-corrected chi connectivity index (χ2v) is 8.89. The van der Waals surface area contributed by atoms with Crippen molar-refractivity contribution < 1.29 is 27.5 Å². The Kier molecular flexibility index (Phi) is 7.80. The lowest BCUT2D eigenvalue weighted by molar-refractivity contribution is -0.145. The fourth-order valence-corrected chi connectivity index (χ4v) is 4.00. The summed E-state index contributed by atoms with van der Waals surface area (Å²) < 4.78 is 36.5. The maximum atomic E-state index is 12.7. The smallest absolute Gasteiger partial charge is 0.325 e. The molecule has 0 radical (unpaired) electrons. The van der Waals surface area contributed by atoms with Crippen LogP contribution in [0.1, 0.15) is 11.3 Å². The van der Waals surface area contributed by atoms with Crippen LogP contribution in [-0.2, 0) is 37.4 Å². The molecule has 1 aromatic heterocycles. The number of hydrogen-bond acceptors (Lipinski definition) is 8. The lowest BCUT2D eigenvalue weighted by atomic mass is 10.1. The minimum Gasteiger partial charge on any atom is -0.497 e. The SMILES string of the molecule is COc1ccc(S(=O)(=O)n2cnc(C[C@H](N)C(=O)NCC(=O)OCc3ccccc3)c2)cc1. The van der Waals surface area contributed by atoms with Crippen molar-refractivity contribution in [3.63, 3.8) is 0 Å². The first-order valence-corrected chi connectivity index (χ1v) is 11.4. The van der Waals surface area contributed by atoms with E-state index >= 15 is 0 Å². The first-order chi connectivity index (χ1) is 15.8. The molecule has 1 heterocycles. The van der Waals surface area contributed by atoms with E-state index in [4.69, 9.17) is 15.2 Å². The molecule has 0 aliphatic rings. The minimum atomic E-state index is -3.85. The number of amides is 1. The van der Waals surface area contributed by atoms with Crippen LogP contribution in [0.5, 0.6) is 5.75 Å². The highest BCUT2D eigenvalue weighted by Crippen LogP contribution is 2.18. The Morgan fingerprint density at radius 3 is 2.48 bits per heavy atom. The molecular formula is C22H24N4O6S. The van der Waals surface area contributed by atoms with Crippen molar-refractivity contribution in [1.82, 2.24) is 14.3 Å². The first kappa shape index (κ1) is 24.0. The standard InChI is InChI=1S/C22H24N4O6S/c1-31-18-7-9-19(10-8-18)33(29,30)26-13-17(25-15-26)11-20(23)22(28)24-12-21(27)32-14-16-5-3-2-4-6-16/h2-10,13,15,20H,11-12,14,23H2,1H3,(H,24,28)/t20-/m0/s1. The Bertz CT molecular complexity index is 1190. The van der Waals surface area contributed by atoms with E-state index in [0.29, 0.717) is 11.4 Å². The lowest BCUT2D eigenvalue weighted by Gasteiger charge is -2.11. The Morgan fingerprint density at radius 2 is 1.82 bits per heavy atom. The van der Waals surface area contributed by atoms with Gasteiger partial charge in [0.2, 0.25) is 5.91 Å². The van der Waals surface area contributed by atoms with Crippen LogP contribution in [0, 0.1) is 0 Å². The number of nitrogens with zero attached hydrogens (tertiary/aromatic N) is 2. The molecule has 2 aromatic carbocycles. The maximum Gasteiger partial charge on any atom is 0.325 e. The third-order valence-corrected chi connectivity index (χ3v) is 6.29. The zero-order valence-electron chi connectivity index (χ0n) is 17.9. The van der Waals surface area contributed by atoms with Gasteiger partial charge in [0.15, 0.2) is 0 Å². The zero-order chi connectivity index (χ0) is 23.8. The fraction of sp³-hybridized carbons (Fsp3) is 0.227. The molecule has 0 aliphatic heterocycles. The van der Waals surface area contributed by atoms with Gasteiger partial charge in [-0.2, -0.15) is 0 Å². The number of aromatic nitrogens is 2. The molecule has 3 N–H and O–H groups in total. The van der Waals surface area contributed by atoms with E-state index in [1.165, 1.54) is 37.6 Å². The Hall–Kier alpha value is -3.70. The number of methoxy groups -OCH3 is 1. The summed E-state index contributed by atoms with van der Waals surface area (Å²) in [6.07, 6.45) is 2.41. The average molecular weight is 473 g/mol. The van der Waals surface area contributed by atoms with Crippen LogP contribution >= 0.6 is 0 Å². The lowest BCUT2D eigenvalue weighted by Crippen LogP contribution is -2.44. The Labute approximate surface area is 191 Å². The van der Waals surface area contributed by atoms with Gasteiger partial charge < -0.3 is 20.5 Å². The van der Waals surface area contributed by atoms with E-state index in [0.717, 1.165) is 15.9 Å². The molecule has 1 atom stereocenters. The van der Waals surface area contributed by atoms with Crippen LogP contribution in [-0.4, -0.2) is 48.9 Å². The number of carbonyl (C=O) groups is 2. The van der Waals surface area contributed by atoms with Crippen molar-refractivity contribution in [1.29, 1.82) is 0 Å². The first-order valence-electron chi connectivity index (χ1n) is 9.95. The topological polar surface area (TPSA) is 143 Å².